The summed E-state index contributed by atoms with van der Waals surface area (Å²) in [6, 6.07) is 8.12. The monoisotopic (exact) mass is 255 g/mol. The maximum atomic E-state index is 10.9. The van der Waals surface area contributed by atoms with E-state index in [4.69, 9.17) is 0 Å². The van der Waals surface area contributed by atoms with Gasteiger partial charge in [-0.3, -0.25) is 4.79 Å². The highest BCUT2D eigenvalue weighted by Crippen LogP contribution is 2.20. The highest BCUT2D eigenvalue weighted by atomic mass is 79.9. The number of halogens is 1. The van der Waals surface area contributed by atoms with E-state index in [9.17, 15) is 4.79 Å². The number of hydrogen-bond acceptors (Lipinski definition) is 1. The lowest BCUT2D eigenvalue weighted by atomic mass is 10.0. The third kappa shape index (κ3) is 3.14. The molecule has 0 spiro atoms. The smallest absolute Gasteiger partial charge is 0.217 e. The zero-order chi connectivity index (χ0) is 10.6. The van der Waals surface area contributed by atoms with Gasteiger partial charge in [0.25, 0.3) is 0 Å². The molecule has 1 aromatic rings. The van der Waals surface area contributed by atoms with Gasteiger partial charge in [-0.1, -0.05) is 35.0 Å². The van der Waals surface area contributed by atoms with Gasteiger partial charge in [-0.05, 0) is 24.1 Å². The third-order valence-electron chi connectivity index (χ3n) is 2.04. The minimum Gasteiger partial charge on any atom is -0.350 e. The lowest BCUT2D eigenvalue weighted by Gasteiger charge is -2.16. The topological polar surface area (TPSA) is 29.1 Å². The lowest BCUT2D eigenvalue weighted by Crippen LogP contribution is -2.25. The van der Waals surface area contributed by atoms with Crippen LogP contribution in [0.4, 0.5) is 0 Å². The Labute approximate surface area is 92.8 Å². The summed E-state index contributed by atoms with van der Waals surface area (Å²) in [6.07, 6.45) is 0.899. The van der Waals surface area contributed by atoms with Crippen molar-refractivity contribution in [3.8, 4) is 0 Å². The highest BCUT2D eigenvalue weighted by molar-refractivity contribution is 9.10. The van der Waals surface area contributed by atoms with Crippen molar-refractivity contribution in [2.45, 2.75) is 26.3 Å². The number of carbonyl (C=O) groups is 1. The van der Waals surface area contributed by atoms with Crippen LogP contribution in [0.5, 0.6) is 0 Å². The van der Waals surface area contributed by atoms with Crippen molar-refractivity contribution >= 4 is 21.8 Å². The molecule has 14 heavy (non-hydrogen) atoms. The van der Waals surface area contributed by atoms with Gasteiger partial charge in [0.2, 0.25) is 5.91 Å². The van der Waals surface area contributed by atoms with Crippen molar-refractivity contribution in [3.05, 3.63) is 34.3 Å². The largest absolute Gasteiger partial charge is 0.350 e. The van der Waals surface area contributed by atoms with Crippen LogP contribution in [0.15, 0.2) is 28.7 Å². The first kappa shape index (κ1) is 11.2. The molecule has 0 aromatic heterocycles. The molecule has 0 aliphatic rings. The summed E-state index contributed by atoms with van der Waals surface area (Å²) in [5.74, 6) is 0.0109. The quantitative estimate of drug-likeness (QED) is 0.884. The molecule has 3 heteroatoms. The van der Waals surface area contributed by atoms with Crippen molar-refractivity contribution in [2.75, 3.05) is 0 Å². The van der Waals surface area contributed by atoms with Gasteiger partial charge in [-0.2, -0.15) is 0 Å². The molecule has 0 fully saturated rings. The van der Waals surface area contributed by atoms with Gasteiger partial charge in [-0.25, -0.2) is 0 Å². The Morgan fingerprint density at radius 2 is 2.29 bits per heavy atom. The Hall–Kier alpha value is -0.830. The molecule has 1 amide bonds. The predicted molar refractivity (Wildman–Crippen MR) is 61.0 cm³/mol. The summed E-state index contributed by atoms with van der Waals surface area (Å²) >= 11 is 3.41. The number of hydrogen-bond donors (Lipinski definition) is 1. The average Bonchev–Trinajstić information content (AvgIpc) is 2.14. The summed E-state index contributed by atoms with van der Waals surface area (Å²) in [7, 11) is 0. The van der Waals surface area contributed by atoms with Crippen LogP contribution >= 0.6 is 15.9 Å². The fraction of sp³-hybridized carbons (Fsp3) is 0.364. The van der Waals surface area contributed by atoms with Crippen LogP contribution in [0, 0.1) is 0 Å². The lowest BCUT2D eigenvalue weighted by molar-refractivity contribution is -0.119. The van der Waals surface area contributed by atoms with E-state index in [0.717, 1.165) is 16.5 Å². The zero-order valence-corrected chi connectivity index (χ0v) is 9.97. The van der Waals surface area contributed by atoms with E-state index < -0.39 is 0 Å². The molecule has 0 aliphatic heterocycles. The van der Waals surface area contributed by atoms with Crippen molar-refractivity contribution in [1.29, 1.82) is 0 Å². The first-order valence-electron chi connectivity index (χ1n) is 4.66. The number of carbonyl (C=O) groups excluding carboxylic acids is 1. The molecule has 0 radical (unpaired) electrons. The minimum absolute atomic E-state index is 0.0109. The molecular formula is C11H14BrNO. The van der Waals surface area contributed by atoms with Crippen molar-refractivity contribution in [1.82, 2.24) is 5.32 Å². The molecule has 76 valence electrons. The fourth-order valence-corrected chi connectivity index (χ4v) is 1.81. The summed E-state index contributed by atoms with van der Waals surface area (Å²) < 4.78 is 1.04. The molecule has 2 nitrogen and oxygen atoms in total. The summed E-state index contributed by atoms with van der Waals surface area (Å²) in [5.41, 5.74) is 1.14. The second-order valence-corrected chi connectivity index (χ2v) is 4.13. The van der Waals surface area contributed by atoms with Crippen LogP contribution in [0.2, 0.25) is 0 Å². The predicted octanol–water partition coefficient (Wildman–Crippen LogP) is 3.04. The second-order valence-electron chi connectivity index (χ2n) is 3.22. The Morgan fingerprint density at radius 3 is 2.79 bits per heavy atom. The first-order valence-corrected chi connectivity index (χ1v) is 5.45. The molecule has 0 heterocycles. The van der Waals surface area contributed by atoms with E-state index in [1.54, 1.807) is 6.92 Å². The Bertz CT molecular complexity index is 325. The van der Waals surface area contributed by atoms with E-state index in [1.807, 2.05) is 24.3 Å². The summed E-state index contributed by atoms with van der Waals surface area (Å²) in [6.45, 7) is 3.60. The number of nitrogens with one attached hydrogen (secondary N) is 1. The summed E-state index contributed by atoms with van der Waals surface area (Å²) in [4.78, 5) is 10.9. The van der Waals surface area contributed by atoms with Crippen LogP contribution in [0.1, 0.15) is 31.9 Å². The van der Waals surface area contributed by atoms with Crippen molar-refractivity contribution in [3.63, 3.8) is 0 Å². The maximum Gasteiger partial charge on any atom is 0.217 e. The fourth-order valence-electron chi connectivity index (χ4n) is 1.39. The van der Waals surface area contributed by atoms with Crippen molar-refractivity contribution in [2.24, 2.45) is 0 Å². The van der Waals surface area contributed by atoms with E-state index in [2.05, 4.69) is 28.2 Å². The van der Waals surface area contributed by atoms with Gasteiger partial charge in [0, 0.05) is 11.4 Å². The van der Waals surface area contributed by atoms with E-state index >= 15 is 0 Å². The van der Waals surface area contributed by atoms with E-state index in [1.165, 1.54) is 0 Å². The first-order chi connectivity index (χ1) is 6.63. The van der Waals surface area contributed by atoms with Gasteiger partial charge in [0.15, 0.2) is 0 Å². The molecule has 0 bridgehead atoms. The second kappa shape index (κ2) is 5.15. The number of benzene rings is 1. The van der Waals surface area contributed by atoms with Crippen molar-refractivity contribution < 1.29 is 4.79 Å². The van der Waals surface area contributed by atoms with Gasteiger partial charge < -0.3 is 5.32 Å². The van der Waals surface area contributed by atoms with E-state index in [-0.39, 0.29) is 11.9 Å². The standard InChI is InChI=1S/C11H14BrNO/c1-3-11(13-8(2)14)9-5-4-6-10(12)7-9/h4-7,11H,3H2,1-2H3,(H,13,14)/t11-/m1/s1. The molecular weight excluding hydrogens is 242 g/mol. The molecule has 0 saturated carbocycles. The molecule has 0 aliphatic carbocycles. The molecule has 1 N–H and O–H groups in total. The summed E-state index contributed by atoms with van der Waals surface area (Å²) in [5, 5.41) is 2.91. The zero-order valence-electron chi connectivity index (χ0n) is 8.38. The maximum absolute atomic E-state index is 10.9. The van der Waals surface area contributed by atoms with Crippen LogP contribution in [0.25, 0.3) is 0 Å². The van der Waals surface area contributed by atoms with Crippen LogP contribution in [-0.2, 0) is 4.79 Å². The molecule has 0 saturated heterocycles. The van der Waals surface area contributed by atoms with Gasteiger partial charge in [-0.15, -0.1) is 0 Å². The molecule has 1 aromatic carbocycles. The average molecular weight is 256 g/mol. The SMILES string of the molecule is CC[C@@H](NC(C)=O)c1cccc(Br)c1. The van der Waals surface area contributed by atoms with Crippen LogP contribution < -0.4 is 5.32 Å². The van der Waals surface area contributed by atoms with Crippen LogP contribution in [-0.4, -0.2) is 5.91 Å². The highest BCUT2D eigenvalue weighted by Gasteiger charge is 2.09. The third-order valence-corrected chi connectivity index (χ3v) is 2.53. The Balaban J connectivity index is 2.83. The number of rotatable bonds is 3. The molecule has 1 atom stereocenters. The van der Waals surface area contributed by atoms with Gasteiger partial charge >= 0.3 is 0 Å². The van der Waals surface area contributed by atoms with Gasteiger partial charge in [0.05, 0.1) is 6.04 Å². The normalized spacial score (nSPS) is 12.2. The minimum atomic E-state index is 0.0109. The van der Waals surface area contributed by atoms with Gasteiger partial charge in [0.1, 0.15) is 0 Å². The Kier molecular flexibility index (Phi) is 4.14. The van der Waals surface area contributed by atoms with Crippen LogP contribution in [0.3, 0.4) is 0 Å². The molecule has 1 rings (SSSR count). The Morgan fingerprint density at radius 1 is 1.57 bits per heavy atom. The number of amides is 1. The molecule has 0 unspecified atom stereocenters. The van der Waals surface area contributed by atoms with E-state index in [0.29, 0.717) is 0 Å².